The van der Waals surface area contributed by atoms with E-state index in [0.29, 0.717) is 61.8 Å². The van der Waals surface area contributed by atoms with Crippen LogP contribution in [0.2, 0.25) is 0 Å². The van der Waals surface area contributed by atoms with Gasteiger partial charge in [-0.2, -0.15) is 13.5 Å². The number of primary amides is 1. The number of hydrogen-bond acceptors (Lipinski definition) is 7. The van der Waals surface area contributed by atoms with E-state index in [-0.39, 0.29) is 17.2 Å². The van der Waals surface area contributed by atoms with Gasteiger partial charge in [0.2, 0.25) is 0 Å². The van der Waals surface area contributed by atoms with Gasteiger partial charge in [-0.3, -0.25) is 14.1 Å². The summed E-state index contributed by atoms with van der Waals surface area (Å²) in [5, 5.41) is 8.13. The largest absolute Gasteiger partial charge is 0.397 e. The normalized spacial score (nSPS) is 22.0. The Kier molecular flexibility index (Phi) is 6.78. The second-order valence-corrected chi connectivity index (χ2v) is 11.3. The maximum atomic E-state index is 12.9. The molecule has 1 aromatic heterocycles. The summed E-state index contributed by atoms with van der Waals surface area (Å²) in [6.45, 7) is 6.12. The zero-order valence-electron chi connectivity index (χ0n) is 20.2. The molecule has 0 bridgehead atoms. The van der Waals surface area contributed by atoms with Gasteiger partial charge in [-0.1, -0.05) is 20.8 Å². The molecule has 0 unspecified atom stereocenters. The molecule has 0 atom stereocenters. The average molecular weight is 505 g/mol. The quantitative estimate of drug-likeness (QED) is 0.486. The summed E-state index contributed by atoms with van der Waals surface area (Å²) in [6, 6.07) is 5.21. The smallest absolute Gasteiger partial charge is 0.382 e. The molecule has 190 valence electrons. The highest BCUT2D eigenvalue weighted by atomic mass is 32.3. The van der Waals surface area contributed by atoms with Crippen molar-refractivity contribution < 1.29 is 26.7 Å². The molecule has 0 spiro atoms. The fourth-order valence-corrected chi connectivity index (χ4v) is 5.72. The summed E-state index contributed by atoms with van der Waals surface area (Å²) in [4.78, 5) is 25.1. The van der Waals surface area contributed by atoms with E-state index < -0.39 is 22.4 Å². The third-order valence-electron chi connectivity index (χ3n) is 6.76. The molecule has 2 aliphatic rings. The molecule has 1 fully saturated rings. The van der Waals surface area contributed by atoms with Crippen LogP contribution < -0.4 is 11.1 Å². The van der Waals surface area contributed by atoms with Gasteiger partial charge in [0.1, 0.15) is 0 Å². The summed E-state index contributed by atoms with van der Waals surface area (Å²) in [5.74, 6) is -0.467. The Bertz CT molecular complexity index is 1260. The number of Topliss-reactive ketones (excluding diaryl/α,β-unsaturated/α-hetero) is 1. The lowest BCUT2D eigenvalue weighted by atomic mass is 9.75. The van der Waals surface area contributed by atoms with Crippen LogP contribution in [-0.4, -0.2) is 46.6 Å². The fraction of sp³-hybridized carbons (Fsp3) is 0.542. The van der Waals surface area contributed by atoms with Crippen molar-refractivity contribution in [3.8, 4) is 5.69 Å². The Morgan fingerprint density at radius 3 is 2.54 bits per heavy atom. The highest BCUT2D eigenvalue weighted by Gasteiger charge is 2.36. The van der Waals surface area contributed by atoms with E-state index in [1.807, 2.05) is 13.0 Å². The third-order valence-corrected chi connectivity index (χ3v) is 7.27. The molecule has 10 nitrogen and oxygen atoms in total. The number of nitrogens with two attached hydrogens (primary N) is 1. The van der Waals surface area contributed by atoms with Crippen LogP contribution in [0.4, 0.5) is 5.69 Å². The Labute approximate surface area is 205 Å². The summed E-state index contributed by atoms with van der Waals surface area (Å²) >= 11 is 0. The number of carbonyl (C=O) groups excluding carboxylic acids is 2. The van der Waals surface area contributed by atoms with E-state index >= 15 is 0 Å². The Balaban J connectivity index is 1.64. The van der Waals surface area contributed by atoms with Crippen molar-refractivity contribution in [3.63, 3.8) is 0 Å². The van der Waals surface area contributed by atoms with Crippen LogP contribution >= 0.6 is 0 Å². The summed E-state index contributed by atoms with van der Waals surface area (Å²) in [5.41, 5.74) is 9.42. The number of amides is 1. The molecule has 1 amide bonds. The van der Waals surface area contributed by atoms with Gasteiger partial charge in [0, 0.05) is 18.2 Å². The number of ketones is 1. The molecule has 4 rings (SSSR count). The molecule has 0 saturated heterocycles. The second kappa shape index (κ2) is 9.36. The lowest BCUT2D eigenvalue weighted by molar-refractivity contribution is 0.0909. The van der Waals surface area contributed by atoms with Gasteiger partial charge in [0.05, 0.1) is 34.3 Å². The number of aryl methyl sites for hydroxylation is 1. The molecule has 1 saturated carbocycles. The summed E-state index contributed by atoms with van der Waals surface area (Å²) in [7, 11) is -4.49. The van der Waals surface area contributed by atoms with Crippen molar-refractivity contribution in [1.29, 1.82) is 0 Å². The molecule has 1 aromatic carbocycles. The summed E-state index contributed by atoms with van der Waals surface area (Å²) in [6.07, 6.45) is 3.30. The van der Waals surface area contributed by atoms with Crippen molar-refractivity contribution in [2.45, 2.75) is 77.9 Å². The summed E-state index contributed by atoms with van der Waals surface area (Å²) < 4.78 is 37.4. The lowest BCUT2D eigenvalue weighted by Gasteiger charge is -2.30. The first-order chi connectivity index (χ1) is 16.4. The minimum absolute atomic E-state index is 0.0390. The van der Waals surface area contributed by atoms with E-state index in [4.69, 9.17) is 19.6 Å². The van der Waals surface area contributed by atoms with E-state index in [0.717, 1.165) is 17.1 Å². The standard InChI is InChI=1S/C24H32N4O6S/c1-4-18-22-20(12-24(2,3)13-21(22)29)28(27-18)15-7-10-17(23(25)30)19(11-15)26-14-5-8-16(9-6-14)34-35(31,32)33/h7,10-11,14,16,26H,4-6,8-9,12-13H2,1-3H3,(H2,25,30)(H,31,32,33). The molecular formula is C24H32N4O6S. The van der Waals surface area contributed by atoms with Crippen LogP contribution in [-0.2, 0) is 27.4 Å². The van der Waals surface area contributed by atoms with Crippen LogP contribution in [0.25, 0.3) is 5.69 Å². The van der Waals surface area contributed by atoms with Crippen LogP contribution in [0.3, 0.4) is 0 Å². The van der Waals surface area contributed by atoms with Gasteiger partial charge in [-0.15, -0.1) is 0 Å². The molecule has 11 heteroatoms. The van der Waals surface area contributed by atoms with E-state index in [2.05, 4.69) is 19.2 Å². The Hall–Kier alpha value is -2.76. The average Bonchev–Trinajstić information content (AvgIpc) is 3.11. The van der Waals surface area contributed by atoms with Crippen molar-refractivity contribution in [2.24, 2.45) is 11.1 Å². The van der Waals surface area contributed by atoms with Crippen molar-refractivity contribution >= 4 is 27.8 Å². The number of nitrogens with zero attached hydrogens (tertiary/aromatic N) is 2. The molecule has 4 N–H and O–H groups in total. The second-order valence-electron chi connectivity index (χ2n) is 10.2. The minimum atomic E-state index is -4.49. The highest BCUT2D eigenvalue weighted by Crippen LogP contribution is 2.38. The number of benzene rings is 1. The van der Waals surface area contributed by atoms with Crippen LogP contribution in [0.5, 0.6) is 0 Å². The monoisotopic (exact) mass is 504 g/mol. The number of fused-ring (bicyclic) bond motifs is 1. The molecule has 1 heterocycles. The SMILES string of the molecule is CCc1nn(-c2ccc(C(N)=O)c(NC3CCC(OS(=O)(=O)O)CC3)c2)c2c1C(=O)CC(C)(C)C2. The van der Waals surface area contributed by atoms with Gasteiger partial charge >= 0.3 is 10.4 Å². The van der Waals surface area contributed by atoms with Gasteiger partial charge in [-0.25, -0.2) is 8.86 Å². The minimum Gasteiger partial charge on any atom is -0.382 e. The molecule has 2 aromatic rings. The predicted molar refractivity (Wildman–Crippen MR) is 130 cm³/mol. The predicted octanol–water partition coefficient (Wildman–Crippen LogP) is 3.23. The number of carbonyl (C=O) groups is 2. The lowest BCUT2D eigenvalue weighted by Crippen LogP contribution is -2.31. The number of anilines is 1. The van der Waals surface area contributed by atoms with Crippen molar-refractivity contribution in [3.05, 3.63) is 40.7 Å². The molecule has 0 aliphatic heterocycles. The van der Waals surface area contributed by atoms with Crippen LogP contribution in [0.1, 0.15) is 85.0 Å². The first kappa shape index (κ1) is 25.3. The van der Waals surface area contributed by atoms with Gasteiger partial charge < -0.3 is 11.1 Å². The Morgan fingerprint density at radius 2 is 1.94 bits per heavy atom. The van der Waals surface area contributed by atoms with Crippen molar-refractivity contribution in [1.82, 2.24) is 9.78 Å². The van der Waals surface area contributed by atoms with E-state index in [1.165, 1.54) is 0 Å². The highest BCUT2D eigenvalue weighted by molar-refractivity contribution is 7.80. The van der Waals surface area contributed by atoms with Crippen LogP contribution in [0.15, 0.2) is 18.2 Å². The number of nitrogens with one attached hydrogen (secondary N) is 1. The van der Waals surface area contributed by atoms with Crippen molar-refractivity contribution in [2.75, 3.05) is 5.32 Å². The maximum absolute atomic E-state index is 12.9. The zero-order valence-corrected chi connectivity index (χ0v) is 21.0. The van der Waals surface area contributed by atoms with E-state index in [9.17, 15) is 18.0 Å². The Morgan fingerprint density at radius 1 is 1.26 bits per heavy atom. The fourth-order valence-electron chi connectivity index (χ4n) is 5.18. The number of hydrogen-bond donors (Lipinski definition) is 3. The molecule has 2 aliphatic carbocycles. The molecule has 0 radical (unpaired) electrons. The zero-order chi connectivity index (χ0) is 25.5. The van der Waals surface area contributed by atoms with Gasteiger partial charge in [0.25, 0.3) is 5.91 Å². The number of rotatable bonds is 7. The first-order valence-electron chi connectivity index (χ1n) is 11.9. The molecule has 35 heavy (non-hydrogen) atoms. The van der Waals surface area contributed by atoms with E-state index in [1.54, 1.807) is 16.8 Å². The van der Waals surface area contributed by atoms with Gasteiger partial charge in [0.15, 0.2) is 5.78 Å². The number of aromatic nitrogens is 2. The molecular weight excluding hydrogens is 472 g/mol. The maximum Gasteiger partial charge on any atom is 0.397 e. The first-order valence-corrected chi connectivity index (χ1v) is 13.2. The van der Waals surface area contributed by atoms with Crippen LogP contribution in [0, 0.1) is 5.41 Å². The van der Waals surface area contributed by atoms with Gasteiger partial charge in [-0.05, 0) is 62.1 Å². The topological polar surface area (TPSA) is 154 Å². The third kappa shape index (κ3) is 5.57.